The van der Waals surface area contributed by atoms with Gasteiger partial charge in [0.25, 0.3) is 0 Å². The first-order valence-corrected chi connectivity index (χ1v) is 11.0. The third-order valence-corrected chi connectivity index (χ3v) is 6.41. The zero-order valence-corrected chi connectivity index (χ0v) is 17.9. The van der Waals surface area contributed by atoms with Crippen LogP contribution < -0.4 is 10.2 Å². The maximum atomic E-state index is 12.2. The molecular weight excluding hydrogens is 423 g/mol. The van der Waals surface area contributed by atoms with Crippen molar-refractivity contribution in [2.45, 2.75) is 25.6 Å². The van der Waals surface area contributed by atoms with Crippen LogP contribution in [0.3, 0.4) is 0 Å². The third-order valence-electron chi connectivity index (χ3n) is 3.92. The van der Waals surface area contributed by atoms with E-state index >= 15 is 0 Å². The largest absolute Gasteiger partial charge is 0.325 e. The first kappa shape index (κ1) is 20.3. The van der Waals surface area contributed by atoms with Gasteiger partial charge < -0.3 is 5.32 Å². The maximum Gasteiger partial charge on any atom is 0.308 e. The van der Waals surface area contributed by atoms with Gasteiger partial charge in [0.1, 0.15) is 0 Å². The van der Waals surface area contributed by atoms with Crippen molar-refractivity contribution in [3.63, 3.8) is 0 Å². The molecule has 1 heterocycles. The molecule has 3 rings (SSSR count). The SMILES string of the molecule is CC(C)n1c(=O)sc2cc(NC(=O)CSCc3ccc(Cl)cc3Cl)ccc21. The maximum absolute atomic E-state index is 12.2. The van der Waals surface area contributed by atoms with Gasteiger partial charge in [-0.3, -0.25) is 14.2 Å². The molecule has 0 radical (unpaired) electrons. The average Bonchev–Trinajstić information content (AvgIpc) is 2.92. The summed E-state index contributed by atoms with van der Waals surface area (Å²) in [6, 6.07) is 11.0. The highest BCUT2D eigenvalue weighted by Gasteiger charge is 2.12. The topological polar surface area (TPSA) is 51.1 Å². The summed E-state index contributed by atoms with van der Waals surface area (Å²) in [6.45, 7) is 3.96. The number of thioether (sulfide) groups is 1. The zero-order chi connectivity index (χ0) is 19.6. The molecule has 0 aliphatic carbocycles. The van der Waals surface area contributed by atoms with Crippen LogP contribution in [0.15, 0.2) is 41.2 Å². The number of carbonyl (C=O) groups is 1. The number of halogens is 2. The van der Waals surface area contributed by atoms with Crippen molar-refractivity contribution in [2.24, 2.45) is 0 Å². The summed E-state index contributed by atoms with van der Waals surface area (Å²) in [4.78, 5) is 24.3. The molecule has 1 aromatic heterocycles. The van der Waals surface area contributed by atoms with E-state index in [2.05, 4.69) is 5.32 Å². The number of amides is 1. The number of hydrogen-bond donors (Lipinski definition) is 1. The van der Waals surface area contributed by atoms with Crippen molar-refractivity contribution >= 4 is 68.1 Å². The van der Waals surface area contributed by atoms with Crippen LogP contribution in [0.4, 0.5) is 5.69 Å². The molecule has 0 spiro atoms. The van der Waals surface area contributed by atoms with Gasteiger partial charge in [0, 0.05) is 27.5 Å². The van der Waals surface area contributed by atoms with Crippen LogP contribution in [0, 0.1) is 0 Å². The summed E-state index contributed by atoms with van der Waals surface area (Å²) in [5.74, 6) is 0.835. The van der Waals surface area contributed by atoms with Crippen LogP contribution in [-0.2, 0) is 10.5 Å². The fourth-order valence-corrected chi connectivity index (χ4v) is 5.13. The Morgan fingerprint density at radius 3 is 2.70 bits per heavy atom. The number of nitrogens with one attached hydrogen (secondary N) is 1. The van der Waals surface area contributed by atoms with E-state index in [1.807, 2.05) is 38.1 Å². The van der Waals surface area contributed by atoms with Gasteiger partial charge in [-0.25, -0.2) is 0 Å². The lowest BCUT2D eigenvalue weighted by Crippen LogP contribution is -2.15. The average molecular weight is 441 g/mol. The van der Waals surface area contributed by atoms with Crippen LogP contribution in [0.25, 0.3) is 10.2 Å². The molecule has 0 saturated carbocycles. The monoisotopic (exact) mass is 440 g/mol. The standard InChI is InChI=1S/C19H18Cl2N2O2S2/c1-11(2)23-16-6-5-14(8-17(16)27-19(23)25)22-18(24)10-26-9-12-3-4-13(20)7-15(12)21/h3-8,11H,9-10H2,1-2H3,(H,22,24). The lowest BCUT2D eigenvalue weighted by Gasteiger charge is -2.09. The van der Waals surface area contributed by atoms with Crippen LogP contribution in [0.1, 0.15) is 25.5 Å². The minimum absolute atomic E-state index is 0.0128. The number of carbonyl (C=O) groups excluding carboxylic acids is 1. The highest BCUT2D eigenvalue weighted by atomic mass is 35.5. The number of hydrogen-bond acceptors (Lipinski definition) is 4. The summed E-state index contributed by atoms with van der Waals surface area (Å²) in [5.41, 5.74) is 2.53. The highest BCUT2D eigenvalue weighted by molar-refractivity contribution is 7.99. The van der Waals surface area contributed by atoms with Crippen LogP contribution in [0.2, 0.25) is 10.0 Å². The molecule has 3 aromatic rings. The van der Waals surface area contributed by atoms with Crippen LogP contribution in [-0.4, -0.2) is 16.2 Å². The highest BCUT2D eigenvalue weighted by Crippen LogP contribution is 2.26. The Bertz CT molecular complexity index is 1040. The van der Waals surface area contributed by atoms with E-state index in [-0.39, 0.29) is 16.8 Å². The Labute approximate surface area is 175 Å². The molecule has 0 unspecified atom stereocenters. The molecule has 0 saturated heterocycles. The lowest BCUT2D eigenvalue weighted by atomic mass is 10.2. The molecule has 0 aliphatic heterocycles. The first-order chi connectivity index (χ1) is 12.8. The molecule has 1 N–H and O–H groups in total. The van der Waals surface area contributed by atoms with Gasteiger partial charge in [0.05, 0.1) is 16.0 Å². The molecular formula is C19H18Cl2N2O2S2. The van der Waals surface area contributed by atoms with Gasteiger partial charge in [0.15, 0.2) is 0 Å². The molecule has 1 amide bonds. The predicted molar refractivity (Wildman–Crippen MR) is 118 cm³/mol. The molecule has 4 nitrogen and oxygen atoms in total. The molecule has 0 aliphatic rings. The normalized spacial score (nSPS) is 11.3. The van der Waals surface area contributed by atoms with Crippen LogP contribution >= 0.6 is 46.3 Å². The Kier molecular flexibility index (Phi) is 6.52. The Hall–Kier alpha value is -1.47. The van der Waals surface area contributed by atoms with Gasteiger partial charge in [-0.05, 0) is 49.7 Å². The predicted octanol–water partition coefficient (Wildman–Crippen LogP) is 5.82. The van der Waals surface area contributed by atoms with Crippen molar-refractivity contribution in [2.75, 3.05) is 11.1 Å². The van der Waals surface area contributed by atoms with Crippen molar-refractivity contribution in [1.82, 2.24) is 4.57 Å². The van der Waals surface area contributed by atoms with Gasteiger partial charge in [0.2, 0.25) is 5.91 Å². The van der Waals surface area contributed by atoms with Gasteiger partial charge >= 0.3 is 4.87 Å². The molecule has 0 fully saturated rings. The third kappa shape index (κ3) is 4.88. The van der Waals surface area contributed by atoms with Gasteiger partial charge in [-0.1, -0.05) is 40.6 Å². The fraction of sp³-hybridized carbons (Fsp3) is 0.263. The summed E-state index contributed by atoms with van der Waals surface area (Å²) >= 11 is 14.7. The molecule has 142 valence electrons. The molecule has 27 heavy (non-hydrogen) atoms. The van der Waals surface area contributed by atoms with Crippen molar-refractivity contribution in [1.29, 1.82) is 0 Å². The molecule has 0 bridgehead atoms. The van der Waals surface area contributed by atoms with Gasteiger partial charge in [-0.2, -0.15) is 0 Å². The fourth-order valence-electron chi connectivity index (χ4n) is 2.69. The summed E-state index contributed by atoms with van der Waals surface area (Å²) in [6.07, 6.45) is 0. The van der Waals surface area contributed by atoms with E-state index < -0.39 is 0 Å². The minimum atomic E-state index is -0.0972. The number of benzene rings is 2. The second-order valence-corrected chi connectivity index (χ2v) is 9.11. The van der Waals surface area contributed by atoms with E-state index in [0.717, 1.165) is 15.8 Å². The Morgan fingerprint density at radius 2 is 2.00 bits per heavy atom. The summed E-state index contributed by atoms with van der Waals surface area (Å²) < 4.78 is 2.63. The van der Waals surface area contributed by atoms with E-state index in [9.17, 15) is 9.59 Å². The molecule has 8 heteroatoms. The second kappa shape index (κ2) is 8.69. The number of thiazole rings is 1. The van der Waals surface area contributed by atoms with Crippen LogP contribution in [0.5, 0.6) is 0 Å². The van der Waals surface area contributed by atoms with Gasteiger partial charge in [-0.15, -0.1) is 11.8 Å². The summed E-state index contributed by atoms with van der Waals surface area (Å²) in [5, 5.41) is 4.08. The number of aromatic nitrogens is 1. The van der Waals surface area contributed by atoms with E-state index in [1.54, 1.807) is 16.7 Å². The zero-order valence-electron chi connectivity index (χ0n) is 14.8. The van der Waals surface area contributed by atoms with E-state index in [0.29, 0.717) is 27.2 Å². The molecule has 2 aromatic carbocycles. The quantitative estimate of drug-likeness (QED) is 0.524. The smallest absolute Gasteiger partial charge is 0.308 e. The number of fused-ring (bicyclic) bond motifs is 1. The Balaban J connectivity index is 1.61. The number of anilines is 1. The second-order valence-electron chi connectivity index (χ2n) is 6.29. The van der Waals surface area contributed by atoms with Crippen molar-refractivity contribution in [3.05, 3.63) is 61.7 Å². The van der Waals surface area contributed by atoms with Crippen molar-refractivity contribution < 1.29 is 4.79 Å². The van der Waals surface area contributed by atoms with E-state index in [4.69, 9.17) is 23.2 Å². The first-order valence-electron chi connectivity index (χ1n) is 8.32. The number of rotatable bonds is 6. The Morgan fingerprint density at radius 1 is 1.22 bits per heavy atom. The number of nitrogens with zero attached hydrogens (tertiary/aromatic N) is 1. The van der Waals surface area contributed by atoms with Crippen molar-refractivity contribution in [3.8, 4) is 0 Å². The lowest BCUT2D eigenvalue weighted by molar-refractivity contribution is -0.113. The molecule has 0 atom stereocenters. The summed E-state index contributed by atoms with van der Waals surface area (Å²) in [7, 11) is 0. The van der Waals surface area contributed by atoms with E-state index in [1.165, 1.54) is 23.1 Å². The minimum Gasteiger partial charge on any atom is -0.325 e.